The molecule has 1 N–H and O–H groups in total. The summed E-state index contributed by atoms with van der Waals surface area (Å²) >= 11 is 0. The van der Waals surface area contributed by atoms with E-state index in [0.717, 1.165) is 24.6 Å². The fraction of sp³-hybridized carbons (Fsp3) is 0.667. The van der Waals surface area contributed by atoms with Crippen molar-refractivity contribution >= 4 is 11.4 Å². The molecule has 0 spiro atoms. The third-order valence-corrected chi connectivity index (χ3v) is 3.18. The molecule has 0 fully saturated rings. The maximum atomic E-state index is 4.32. The van der Waals surface area contributed by atoms with Gasteiger partial charge in [-0.05, 0) is 31.7 Å². The number of rotatable bonds is 7. The van der Waals surface area contributed by atoms with Crippen molar-refractivity contribution in [2.24, 2.45) is 5.92 Å². The van der Waals surface area contributed by atoms with E-state index >= 15 is 0 Å². The van der Waals surface area contributed by atoms with E-state index in [1.165, 1.54) is 12.1 Å². The highest BCUT2D eigenvalue weighted by molar-refractivity contribution is 5.55. The van der Waals surface area contributed by atoms with Gasteiger partial charge in [0.15, 0.2) is 0 Å². The van der Waals surface area contributed by atoms with Crippen LogP contribution in [0, 0.1) is 5.92 Å². The zero-order valence-corrected chi connectivity index (χ0v) is 12.4. The molecule has 0 aliphatic rings. The Bertz CT molecular complexity index is 349. The number of hydrogen-bond acceptors (Lipinski definition) is 3. The van der Waals surface area contributed by atoms with Crippen molar-refractivity contribution in [2.75, 3.05) is 23.8 Å². The van der Waals surface area contributed by atoms with Gasteiger partial charge in [0, 0.05) is 19.6 Å². The van der Waals surface area contributed by atoms with Gasteiger partial charge in [-0.2, -0.15) is 0 Å². The lowest BCUT2D eigenvalue weighted by molar-refractivity contribution is 0.504. The van der Waals surface area contributed by atoms with Crippen LogP contribution in [-0.4, -0.2) is 24.6 Å². The average Bonchev–Trinajstić information content (AvgIpc) is 2.35. The van der Waals surface area contributed by atoms with Crippen LogP contribution in [0.1, 0.15) is 40.5 Å². The molecule has 0 radical (unpaired) electrons. The van der Waals surface area contributed by atoms with Gasteiger partial charge < -0.3 is 10.2 Å². The lowest BCUT2D eigenvalue weighted by atomic mass is 10.0. The summed E-state index contributed by atoms with van der Waals surface area (Å²) < 4.78 is 0. The first kappa shape index (κ1) is 14.8. The molecular formula is C15H27N3. The molecule has 3 nitrogen and oxygen atoms in total. The molecule has 0 bridgehead atoms. The van der Waals surface area contributed by atoms with Crippen molar-refractivity contribution in [3.8, 4) is 0 Å². The predicted octanol–water partition coefficient (Wildman–Crippen LogP) is 3.77. The van der Waals surface area contributed by atoms with Crippen molar-refractivity contribution in [3.63, 3.8) is 0 Å². The Balaban J connectivity index is 2.69. The molecule has 1 rings (SSSR count). The molecule has 0 aliphatic heterocycles. The Hall–Kier alpha value is -1.25. The van der Waals surface area contributed by atoms with Gasteiger partial charge in [0.25, 0.3) is 0 Å². The largest absolute Gasteiger partial charge is 0.384 e. The normalized spacial score (nSPS) is 12.6. The van der Waals surface area contributed by atoms with Crippen LogP contribution in [0.2, 0.25) is 0 Å². The standard InChI is InChI=1S/C15H27N3/c1-6-7-17-14-9-15(11-16-10-14)18(5)13(4)8-12(2)3/h9-13,17H,6-8H2,1-5H3. The smallest absolute Gasteiger partial charge is 0.0573 e. The second-order valence-electron chi connectivity index (χ2n) is 5.45. The minimum atomic E-state index is 0.535. The first-order valence-electron chi connectivity index (χ1n) is 6.96. The third kappa shape index (κ3) is 4.55. The summed E-state index contributed by atoms with van der Waals surface area (Å²) in [7, 11) is 2.15. The van der Waals surface area contributed by atoms with E-state index in [-0.39, 0.29) is 0 Å². The van der Waals surface area contributed by atoms with Crippen LogP contribution in [0.5, 0.6) is 0 Å². The van der Waals surface area contributed by atoms with Gasteiger partial charge in [0.05, 0.1) is 23.8 Å². The molecule has 1 aromatic heterocycles. The quantitative estimate of drug-likeness (QED) is 0.797. The third-order valence-electron chi connectivity index (χ3n) is 3.18. The highest BCUT2D eigenvalue weighted by Gasteiger charge is 2.12. The van der Waals surface area contributed by atoms with Crippen LogP contribution in [0.4, 0.5) is 11.4 Å². The van der Waals surface area contributed by atoms with Crippen molar-refractivity contribution < 1.29 is 0 Å². The van der Waals surface area contributed by atoms with Crippen LogP contribution in [0.3, 0.4) is 0 Å². The van der Waals surface area contributed by atoms with E-state index in [1.54, 1.807) is 0 Å². The Labute approximate surface area is 112 Å². The molecule has 1 atom stereocenters. The Kier molecular flexibility index (Phi) is 5.96. The van der Waals surface area contributed by atoms with Gasteiger partial charge in [0.2, 0.25) is 0 Å². The van der Waals surface area contributed by atoms with Gasteiger partial charge in [-0.3, -0.25) is 4.98 Å². The molecule has 0 aromatic carbocycles. The molecule has 1 heterocycles. The second-order valence-corrected chi connectivity index (χ2v) is 5.45. The van der Waals surface area contributed by atoms with Crippen LogP contribution in [0.15, 0.2) is 18.5 Å². The maximum Gasteiger partial charge on any atom is 0.0573 e. The molecule has 0 saturated heterocycles. The molecule has 0 aliphatic carbocycles. The molecule has 0 amide bonds. The number of anilines is 2. The molecular weight excluding hydrogens is 222 g/mol. The summed E-state index contributed by atoms with van der Waals surface area (Å²) in [5, 5.41) is 3.38. The SMILES string of the molecule is CCCNc1cncc(N(C)C(C)CC(C)C)c1. The summed E-state index contributed by atoms with van der Waals surface area (Å²) in [6.07, 6.45) is 6.15. The summed E-state index contributed by atoms with van der Waals surface area (Å²) in [5.41, 5.74) is 2.29. The maximum absolute atomic E-state index is 4.32. The lowest BCUT2D eigenvalue weighted by Crippen LogP contribution is -2.30. The Morgan fingerprint density at radius 3 is 2.61 bits per heavy atom. The van der Waals surface area contributed by atoms with Gasteiger partial charge in [-0.1, -0.05) is 20.8 Å². The number of pyridine rings is 1. The van der Waals surface area contributed by atoms with E-state index in [2.05, 4.69) is 56.0 Å². The molecule has 3 heteroatoms. The monoisotopic (exact) mass is 249 g/mol. The van der Waals surface area contributed by atoms with Crippen LogP contribution in [0.25, 0.3) is 0 Å². The summed E-state index contributed by atoms with van der Waals surface area (Å²) in [5.74, 6) is 0.719. The van der Waals surface area contributed by atoms with E-state index in [0.29, 0.717) is 6.04 Å². The Morgan fingerprint density at radius 2 is 2.00 bits per heavy atom. The first-order valence-corrected chi connectivity index (χ1v) is 6.96. The second kappa shape index (κ2) is 7.24. The number of hydrogen-bond donors (Lipinski definition) is 1. The van der Waals surface area contributed by atoms with E-state index in [9.17, 15) is 0 Å². The zero-order chi connectivity index (χ0) is 13.5. The molecule has 102 valence electrons. The molecule has 18 heavy (non-hydrogen) atoms. The van der Waals surface area contributed by atoms with Crippen LogP contribution in [-0.2, 0) is 0 Å². The minimum Gasteiger partial charge on any atom is -0.384 e. The fourth-order valence-corrected chi connectivity index (χ4v) is 2.08. The zero-order valence-electron chi connectivity index (χ0n) is 12.4. The predicted molar refractivity (Wildman–Crippen MR) is 80.3 cm³/mol. The summed E-state index contributed by atoms with van der Waals surface area (Å²) in [6.45, 7) is 9.97. The van der Waals surface area contributed by atoms with E-state index in [1.807, 2.05) is 12.4 Å². The van der Waals surface area contributed by atoms with Gasteiger partial charge in [0.1, 0.15) is 0 Å². The van der Waals surface area contributed by atoms with Gasteiger partial charge in [-0.25, -0.2) is 0 Å². The van der Waals surface area contributed by atoms with Crippen molar-refractivity contribution in [1.29, 1.82) is 0 Å². The van der Waals surface area contributed by atoms with Crippen molar-refractivity contribution in [1.82, 2.24) is 4.98 Å². The first-order chi connectivity index (χ1) is 8.54. The number of aromatic nitrogens is 1. The van der Waals surface area contributed by atoms with Crippen LogP contribution < -0.4 is 10.2 Å². The highest BCUT2D eigenvalue weighted by atomic mass is 15.1. The average molecular weight is 249 g/mol. The molecule has 1 unspecified atom stereocenters. The highest BCUT2D eigenvalue weighted by Crippen LogP contribution is 2.21. The van der Waals surface area contributed by atoms with Crippen LogP contribution >= 0.6 is 0 Å². The van der Waals surface area contributed by atoms with Gasteiger partial charge >= 0.3 is 0 Å². The van der Waals surface area contributed by atoms with Crippen molar-refractivity contribution in [3.05, 3.63) is 18.5 Å². The number of nitrogens with one attached hydrogen (secondary N) is 1. The van der Waals surface area contributed by atoms with Gasteiger partial charge in [-0.15, -0.1) is 0 Å². The summed E-state index contributed by atoms with van der Waals surface area (Å²) in [4.78, 5) is 6.63. The number of nitrogens with zero attached hydrogens (tertiary/aromatic N) is 2. The lowest BCUT2D eigenvalue weighted by Gasteiger charge is -2.28. The summed E-state index contributed by atoms with van der Waals surface area (Å²) in [6, 6.07) is 2.72. The topological polar surface area (TPSA) is 28.2 Å². The minimum absolute atomic E-state index is 0.535. The van der Waals surface area contributed by atoms with E-state index < -0.39 is 0 Å². The molecule has 1 aromatic rings. The fourth-order valence-electron chi connectivity index (χ4n) is 2.08. The molecule has 0 saturated carbocycles. The van der Waals surface area contributed by atoms with E-state index in [4.69, 9.17) is 0 Å². The Morgan fingerprint density at radius 1 is 1.28 bits per heavy atom. The van der Waals surface area contributed by atoms with Crippen molar-refractivity contribution in [2.45, 2.75) is 46.6 Å².